The molecule has 4 rings (SSSR count). The number of methoxy groups -OCH3 is 1. The molecule has 0 bridgehead atoms. The van der Waals surface area contributed by atoms with Crippen molar-refractivity contribution in [3.05, 3.63) is 90.2 Å². The van der Waals surface area contributed by atoms with Gasteiger partial charge < -0.3 is 9.15 Å². The van der Waals surface area contributed by atoms with E-state index in [1.165, 1.54) is 12.1 Å². The first-order valence-electron chi connectivity index (χ1n) is 9.71. The van der Waals surface area contributed by atoms with Crippen LogP contribution < -0.4 is 4.72 Å². The molecular weight excluding hydrogens is 414 g/mol. The van der Waals surface area contributed by atoms with Gasteiger partial charge in [-0.2, -0.15) is 0 Å². The van der Waals surface area contributed by atoms with Crippen molar-refractivity contribution < 1.29 is 22.4 Å². The highest BCUT2D eigenvalue weighted by molar-refractivity contribution is 7.90. The molecule has 1 N–H and O–H groups in total. The summed E-state index contributed by atoms with van der Waals surface area (Å²) in [5, 5.41) is 0.716. The van der Waals surface area contributed by atoms with E-state index in [4.69, 9.17) is 9.15 Å². The van der Waals surface area contributed by atoms with Gasteiger partial charge in [-0.1, -0.05) is 60.7 Å². The number of nitrogens with one attached hydrogen (secondary N) is 1. The number of fused-ring (bicyclic) bond motifs is 1. The van der Waals surface area contributed by atoms with E-state index in [-0.39, 0.29) is 10.7 Å². The fraction of sp³-hybridized carbons (Fsp3) is 0.125. The smallest absolute Gasteiger partial charge is 0.300 e. The van der Waals surface area contributed by atoms with Crippen molar-refractivity contribution in [3.63, 3.8) is 0 Å². The number of amides is 1. The molecule has 0 aliphatic carbocycles. The van der Waals surface area contributed by atoms with E-state index >= 15 is 0 Å². The van der Waals surface area contributed by atoms with E-state index in [1.807, 2.05) is 48.5 Å². The Labute approximate surface area is 180 Å². The first kappa shape index (κ1) is 20.8. The van der Waals surface area contributed by atoms with Crippen molar-refractivity contribution >= 4 is 26.9 Å². The summed E-state index contributed by atoms with van der Waals surface area (Å²) < 4.78 is 38.9. The minimum atomic E-state index is -4.12. The van der Waals surface area contributed by atoms with Gasteiger partial charge in [0.2, 0.25) is 0 Å². The summed E-state index contributed by atoms with van der Waals surface area (Å²) in [6.45, 7) is 0.568. The lowest BCUT2D eigenvalue weighted by Gasteiger charge is -2.11. The van der Waals surface area contributed by atoms with Crippen molar-refractivity contribution in [1.82, 2.24) is 4.72 Å². The van der Waals surface area contributed by atoms with Crippen LogP contribution in [0.1, 0.15) is 16.1 Å². The highest BCUT2D eigenvalue weighted by atomic mass is 32.2. The van der Waals surface area contributed by atoms with E-state index in [0.717, 1.165) is 11.1 Å². The maximum atomic E-state index is 13.0. The molecule has 0 unspecified atom stereocenters. The molecule has 1 amide bonds. The molecule has 1 heterocycles. The Balaban J connectivity index is 1.61. The third-order valence-corrected chi connectivity index (χ3v) is 6.28. The normalized spacial score (nSPS) is 11.5. The predicted molar refractivity (Wildman–Crippen MR) is 118 cm³/mol. The van der Waals surface area contributed by atoms with Crippen LogP contribution in [0.5, 0.6) is 0 Å². The average Bonchev–Trinajstić information content (AvgIpc) is 3.22. The lowest BCUT2D eigenvalue weighted by molar-refractivity contribution is 0.0956. The van der Waals surface area contributed by atoms with Gasteiger partial charge in [0.15, 0.2) is 5.76 Å². The van der Waals surface area contributed by atoms with E-state index in [0.29, 0.717) is 29.6 Å². The number of carbonyl (C=O) groups is 1. The van der Waals surface area contributed by atoms with Crippen LogP contribution in [0.25, 0.3) is 22.1 Å². The molecular formula is C24H21NO5S. The van der Waals surface area contributed by atoms with Crippen LogP contribution in [0.2, 0.25) is 0 Å². The number of furan rings is 1. The number of carbonyl (C=O) groups excluding carboxylic acids is 1. The Morgan fingerprint density at radius 2 is 1.71 bits per heavy atom. The summed E-state index contributed by atoms with van der Waals surface area (Å²) in [5.41, 5.74) is 2.76. The van der Waals surface area contributed by atoms with Gasteiger partial charge in [-0.3, -0.25) is 4.79 Å². The van der Waals surface area contributed by atoms with Crippen molar-refractivity contribution in [2.45, 2.75) is 11.3 Å². The minimum absolute atomic E-state index is 0.0208. The van der Waals surface area contributed by atoms with Crippen molar-refractivity contribution in [3.8, 4) is 11.1 Å². The average molecular weight is 436 g/mol. The molecule has 4 aromatic rings. The lowest BCUT2D eigenvalue weighted by Crippen LogP contribution is -2.30. The summed E-state index contributed by atoms with van der Waals surface area (Å²) in [7, 11) is -2.49. The molecule has 0 fully saturated rings. The quantitative estimate of drug-likeness (QED) is 0.465. The van der Waals surface area contributed by atoms with Crippen LogP contribution in [-0.4, -0.2) is 28.0 Å². The highest BCUT2D eigenvalue weighted by Gasteiger charge is 2.24. The Hall–Kier alpha value is -3.42. The van der Waals surface area contributed by atoms with Gasteiger partial charge in [0.25, 0.3) is 10.0 Å². The summed E-state index contributed by atoms with van der Waals surface area (Å²) in [4.78, 5) is 12.7. The minimum Gasteiger partial charge on any atom is -0.451 e. The van der Waals surface area contributed by atoms with Crippen LogP contribution in [0.4, 0.5) is 0 Å². The number of hydrogen-bond acceptors (Lipinski definition) is 5. The Morgan fingerprint density at radius 3 is 2.48 bits per heavy atom. The zero-order chi connectivity index (χ0) is 21.8. The van der Waals surface area contributed by atoms with Crippen molar-refractivity contribution in [2.75, 3.05) is 13.7 Å². The number of benzene rings is 3. The van der Waals surface area contributed by atoms with Crippen LogP contribution in [0.3, 0.4) is 0 Å². The molecule has 7 heteroatoms. The van der Waals surface area contributed by atoms with Crippen LogP contribution in [0, 0.1) is 0 Å². The highest BCUT2D eigenvalue weighted by Crippen LogP contribution is 2.27. The van der Waals surface area contributed by atoms with Crippen LogP contribution in [0.15, 0.2) is 88.2 Å². The Kier molecular flexibility index (Phi) is 5.88. The Morgan fingerprint density at radius 1 is 0.968 bits per heavy atom. The monoisotopic (exact) mass is 435 g/mol. The number of hydrogen-bond donors (Lipinski definition) is 1. The molecule has 31 heavy (non-hydrogen) atoms. The molecule has 0 aliphatic heterocycles. The van der Waals surface area contributed by atoms with E-state index in [1.54, 1.807) is 25.3 Å². The zero-order valence-electron chi connectivity index (χ0n) is 16.9. The second kappa shape index (κ2) is 8.75. The first-order valence-corrected chi connectivity index (χ1v) is 11.2. The third kappa shape index (κ3) is 4.52. The van der Waals surface area contributed by atoms with E-state index in [2.05, 4.69) is 4.72 Å². The maximum Gasteiger partial charge on any atom is 0.300 e. The van der Waals surface area contributed by atoms with Gasteiger partial charge in [0, 0.05) is 18.1 Å². The second-order valence-electron chi connectivity index (χ2n) is 7.02. The summed E-state index contributed by atoms with van der Waals surface area (Å²) >= 11 is 0. The number of rotatable bonds is 7. The summed E-state index contributed by atoms with van der Waals surface area (Å²) in [6.07, 6.45) is 0.708. The fourth-order valence-corrected chi connectivity index (χ4v) is 4.54. The topological polar surface area (TPSA) is 85.6 Å². The lowest BCUT2D eigenvalue weighted by atomic mass is 10.1. The van der Waals surface area contributed by atoms with Crippen molar-refractivity contribution in [2.24, 2.45) is 0 Å². The molecule has 0 atom stereocenters. The van der Waals surface area contributed by atoms with Gasteiger partial charge in [-0.15, -0.1) is 0 Å². The molecule has 0 aliphatic rings. The number of sulfonamides is 1. The predicted octanol–water partition coefficient (Wildman–Crippen LogP) is 4.41. The largest absolute Gasteiger partial charge is 0.451 e. The van der Waals surface area contributed by atoms with Gasteiger partial charge in [0.05, 0.1) is 11.5 Å². The molecule has 3 aromatic carbocycles. The van der Waals surface area contributed by atoms with Gasteiger partial charge in [-0.25, -0.2) is 13.1 Å². The molecule has 0 saturated carbocycles. The van der Waals surface area contributed by atoms with Gasteiger partial charge in [-0.05, 0) is 35.7 Å². The van der Waals surface area contributed by atoms with Crippen LogP contribution >= 0.6 is 0 Å². The molecule has 6 nitrogen and oxygen atoms in total. The first-order chi connectivity index (χ1) is 15.0. The third-order valence-electron chi connectivity index (χ3n) is 4.89. The Bertz CT molecular complexity index is 1330. The molecule has 0 saturated heterocycles. The maximum absolute atomic E-state index is 13.0. The van der Waals surface area contributed by atoms with E-state index in [9.17, 15) is 13.2 Å². The zero-order valence-corrected chi connectivity index (χ0v) is 17.7. The molecule has 0 spiro atoms. The summed E-state index contributed by atoms with van der Waals surface area (Å²) in [5.74, 6) is -0.892. The second-order valence-corrected chi connectivity index (χ2v) is 8.67. The fourth-order valence-electron chi connectivity index (χ4n) is 3.35. The SMILES string of the molecule is COCCc1ccc2cc(C(=O)NS(=O)(=O)c3ccccc3-c3ccccc3)oc2c1. The summed E-state index contributed by atoms with van der Waals surface area (Å²) in [6, 6.07) is 22.8. The van der Waals surface area contributed by atoms with E-state index < -0.39 is 15.9 Å². The standard InChI is InChI=1S/C24H21NO5S/c1-29-14-13-17-11-12-19-16-22(30-21(19)15-17)24(26)25-31(27,28)23-10-6-5-9-20(23)18-7-3-2-4-8-18/h2-12,15-16H,13-14H2,1H3,(H,25,26). The van der Waals surface area contributed by atoms with Gasteiger partial charge >= 0.3 is 5.91 Å². The van der Waals surface area contributed by atoms with Crippen LogP contribution in [-0.2, 0) is 21.2 Å². The van der Waals surface area contributed by atoms with Gasteiger partial charge in [0.1, 0.15) is 5.58 Å². The number of ether oxygens (including phenoxy) is 1. The molecule has 1 aromatic heterocycles. The molecule has 158 valence electrons. The van der Waals surface area contributed by atoms with Crippen molar-refractivity contribution in [1.29, 1.82) is 0 Å². The molecule has 0 radical (unpaired) electrons.